The van der Waals surface area contributed by atoms with Crippen LogP contribution in [0.3, 0.4) is 0 Å². The van der Waals surface area contributed by atoms with Gasteiger partial charge in [0.1, 0.15) is 0 Å². The number of hydrogen-bond donors (Lipinski definition) is 0. The molecule has 0 aliphatic heterocycles. The predicted molar refractivity (Wildman–Crippen MR) is 244 cm³/mol. The molecule has 5 heteroatoms. The van der Waals surface area contributed by atoms with Crippen molar-refractivity contribution in [2.75, 3.05) is 0 Å². The number of para-hydroxylation sites is 1. The number of nitrogens with zero attached hydrogens (tertiary/aromatic N) is 4. The van der Waals surface area contributed by atoms with Crippen molar-refractivity contribution in [3.8, 4) is 51.0 Å². The maximum atomic E-state index is 5.35. The largest absolute Gasteiger partial charge is 0.309 e. The summed E-state index contributed by atoms with van der Waals surface area (Å²) in [6.07, 6.45) is 0. The molecule has 9 aromatic carbocycles. The number of hydrogen-bond acceptors (Lipinski definition) is 4. The molecule has 0 radical (unpaired) electrons. The maximum Gasteiger partial charge on any atom is 0.164 e. The SMILES string of the molecule is c1ccc(-c2ccc(-c3nc(-c4ccc(-n5c6ccccc6c6cc7ccccc7cc65)c5ccccc45)nc(-c4cccc5sc6ccccc6c45)n3)cc2)cc1. The summed E-state index contributed by atoms with van der Waals surface area (Å²) < 4.78 is 4.88. The summed E-state index contributed by atoms with van der Waals surface area (Å²) in [5.41, 5.74) is 8.67. The van der Waals surface area contributed by atoms with E-state index in [9.17, 15) is 0 Å². The van der Waals surface area contributed by atoms with E-state index in [2.05, 4.69) is 193 Å². The van der Waals surface area contributed by atoms with E-state index < -0.39 is 0 Å². The van der Waals surface area contributed by atoms with E-state index >= 15 is 0 Å². The van der Waals surface area contributed by atoms with Gasteiger partial charge in [-0.05, 0) is 69.8 Å². The molecule has 0 spiro atoms. The maximum absolute atomic E-state index is 5.35. The van der Waals surface area contributed by atoms with Crippen molar-refractivity contribution in [3.05, 3.63) is 194 Å². The molecule has 0 aliphatic rings. The highest BCUT2D eigenvalue weighted by molar-refractivity contribution is 7.25. The molecular weight excluding hydrogens is 725 g/mol. The highest BCUT2D eigenvalue weighted by Crippen LogP contribution is 2.42. The third-order valence-electron chi connectivity index (χ3n) is 11.5. The van der Waals surface area contributed by atoms with Crippen LogP contribution in [0.1, 0.15) is 0 Å². The fourth-order valence-electron chi connectivity index (χ4n) is 8.74. The van der Waals surface area contributed by atoms with Crippen LogP contribution in [0.4, 0.5) is 0 Å². The molecule has 0 saturated heterocycles. The lowest BCUT2D eigenvalue weighted by Gasteiger charge is -2.15. The molecule has 0 saturated carbocycles. The zero-order chi connectivity index (χ0) is 38.2. The minimum Gasteiger partial charge on any atom is -0.309 e. The molecule has 3 heterocycles. The Bertz CT molecular complexity index is 3560. The second kappa shape index (κ2) is 13.1. The molecule has 4 nitrogen and oxygen atoms in total. The lowest BCUT2D eigenvalue weighted by molar-refractivity contribution is 1.08. The molecule has 0 atom stereocenters. The van der Waals surface area contributed by atoms with Gasteiger partial charge in [-0.25, -0.2) is 15.0 Å². The molecular formula is C53H32N4S. The van der Waals surface area contributed by atoms with Gasteiger partial charge >= 0.3 is 0 Å². The van der Waals surface area contributed by atoms with Gasteiger partial charge in [0.15, 0.2) is 17.5 Å². The molecule has 3 aromatic heterocycles. The Balaban J connectivity index is 1.09. The summed E-state index contributed by atoms with van der Waals surface area (Å²) in [6, 6.07) is 69.2. The van der Waals surface area contributed by atoms with Crippen LogP contribution in [0, 0.1) is 0 Å². The standard InChI is InChI=1S/C53H32N4S/c1-2-13-33(14-3-1)34-25-27-35(28-26-34)51-54-52(56-53(55-51)43-21-12-24-49-50(43)42-20-9-11-23-48(42)58-49)41-29-30-46(39-18-7-6-17-38(39)41)57-45-22-10-8-19-40(45)44-31-36-15-4-5-16-37(36)32-47(44)57/h1-32H. The van der Waals surface area contributed by atoms with Gasteiger partial charge in [0.2, 0.25) is 0 Å². The first-order chi connectivity index (χ1) is 28.7. The molecule has 270 valence electrons. The van der Waals surface area contributed by atoms with Crippen LogP contribution < -0.4 is 0 Å². The van der Waals surface area contributed by atoms with E-state index in [0.29, 0.717) is 17.5 Å². The molecule has 0 aliphatic carbocycles. The van der Waals surface area contributed by atoms with Crippen molar-refractivity contribution >= 4 is 74.9 Å². The summed E-state index contributed by atoms with van der Waals surface area (Å²) in [6.45, 7) is 0. The average molecular weight is 757 g/mol. The van der Waals surface area contributed by atoms with Gasteiger partial charge in [0, 0.05) is 53.0 Å². The van der Waals surface area contributed by atoms with Crippen molar-refractivity contribution in [1.82, 2.24) is 19.5 Å². The first-order valence-corrected chi connectivity index (χ1v) is 20.3. The van der Waals surface area contributed by atoms with Crippen molar-refractivity contribution in [2.24, 2.45) is 0 Å². The van der Waals surface area contributed by atoms with Gasteiger partial charge in [-0.3, -0.25) is 0 Å². The average Bonchev–Trinajstić information content (AvgIpc) is 3.83. The van der Waals surface area contributed by atoms with E-state index in [0.717, 1.165) is 38.7 Å². The van der Waals surface area contributed by atoms with Gasteiger partial charge in [-0.2, -0.15) is 0 Å². The lowest BCUT2D eigenvalue weighted by Crippen LogP contribution is -2.02. The van der Waals surface area contributed by atoms with Crippen molar-refractivity contribution in [3.63, 3.8) is 0 Å². The van der Waals surface area contributed by atoms with Crippen LogP contribution in [-0.4, -0.2) is 19.5 Å². The van der Waals surface area contributed by atoms with Gasteiger partial charge < -0.3 is 4.57 Å². The van der Waals surface area contributed by atoms with Crippen LogP contribution in [-0.2, 0) is 0 Å². The summed E-state index contributed by atoms with van der Waals surface area (Å²) in [5.74, 6) is 1.93. The van der Waals surface area contributed by atoms with E-state index in [1.807, 2.05) is 6.07 Å². The zero-order valence-electron chi connectivity index (χ0n) is 31.2. The van der Waals surface area contributed by atoms with Gasteiger partial charge in [0.05, 0.1) is 16.7 Å². The number of benzene rings is 9. The summed E-state index contributed by atoms with van der Waals surface area (Å²) >= 11 is 1.80. The van der Waals surface area contributed by atoms with Crippen LogP contribution in [0.15, 0.2) is 194 Å². The van der Waals surface area contributed by atoms with Crippen LogP contribution in [0.2, 0.25) is 0 Å². The Morgan fingerprint density at radius 2 is 0.948 bits per heavy atom. The van der Waals surface area contributed by atoms with Crippen LogP contribution in [0.25, 0.3) is 115 Å². The van der Waals surface area contributed by atoms with Crippen molar-refractivity contribution in [2.45, 2.75) is 0 Å². The quantitative estimate of drug-likeness (QED) is 0.176. The highest BCUT2D eigenvalue weighted by Gasteiger charge is 2.21. The minimum atomic E-state index is 0.638. The first-order valence-electron chi connectivity index (χ1n) is 19.5. The Labute approximate surface area is 338 Å². The van der Waals surface area contributed by atoms with Crippen LogP contribution in [0.5, 0.6) is 0 Å². The van der Waals surface area contributed by atoms with Crippen molar-refractivity contribution < 1.29 is 0 Å². The number of thiophene rings is 1. The van der Waals surface area contributed by atoms with Crippen molar-refractivity contribution in [1.29, 1.82) is 0 Å². The minimum absolute atomic E-state index is 0.638. The van der Waals surface area contributed by atoms with Gasteiger partial charge in [-0.1, -0.05) is 152 Å². The first kappa shape index (κ1) is 32.7. The highest BCUT2D eigenvalue weighted by atomic mass is 32.1. The molecule has 12 rings (SSSR count). The summed E-state index contributed by atoms with van der Waals surface area (Å²) in [5, 5.41) is 9.51. The van der Waals surface area contributed by atoms with Crippen LogP contribution >= 0.6 is 11.3 Å². The molecule has 0 fully saturated rings. The predicted octanol–water partition coefficient (Wildman–Crippen LogP) is 14.3. The van der Waals surface area contributed by atoms with E-state index in [1.165, 1.54) is 58.3 Å². The second-order valence-electron chi connectivity index (χ2n) is 14.8. The van der Waals surface area contributed by atoms with E-state index in [-0.39, 0.29) is 0 Å². The number of rotatable bonds is 5. The Morgan fingerprint density at radius 1 is 0.345 bits per heavy atom. The Hall–Kier alpha value is -7.47. The third kappa shape index (κ3) is 5.18. The Kier molecular flexibility index (Phi) is 7.37. The third-order valence-corrected chi connectivity index (χ3v) is 12.6. The molecule has 0 bridgehead atoms. The van der Waals surface area contributed by atoms with Gasteiger partial charge in [0.25, 0.3) is 0 Å². The topological polar surface area (TPSA) is 43.6 Å². The molecule has 0 unspecified atom stereocenters. The Morgan fingerprint density at radius 3 is 1.78 bits per heavy atom. The van der Waals surface area contributed by atoms with E-state index in [1.54, 1.807) is 11.3 Å². The number of fused-ring (bicyclic) bond motifs is 8. The zero-order valence-corrected chi connectivity index (χ0v) is 32.0. The smallest absolute Gasteiger partial charge is 0.164 e. The number of aromatic nitrogens is 4. The summed E-state index contributed by atoms with van der Waals surface area (Å²) in [7, 11) is 0. The molecule has 12 aromatic rings. The fraction of sp³-hybridized carbons (Fsp3) is 0. The molecule has 0 amide bonds. The van der Waals surface area contributed by atoms with E-state index in [4.69, 9.17) is 15.0 Å². The second-order valence-corrected chi connectivity index (χ2v) is 15.9. The monoisotopic (exact) mass is 756 g/mol. The fourth-order valence-corrected chi connectivity index (χ4v) is 9.87. The molecule has 0 N–H and O–H groups in total. The lowest BCUT2D eigenvalue weighted by atomic mass is 10.0. The summed E-state index contributed by atoms with van der Waals surface area (Å²) in [4.78, 5) is 15.9. The van der Waals surface area contributed by atoms with Gasteiger partial charge in [-0.15, -0.1) is 11.3 Å². The molecule has 58 heavy (non-hydrogen) atoms. The normalized spacial score (nSPS) is 11.8.